The molecule has 0 unspecified atom stereocenters. The van der Waals surface area contributed by atoms with Gasteiger partial charge in [-0.2, -0.15) is 0 Å². The lowest BCUT2D eigenvalue weighted by atomic mass is 9.80. The van der Waals surface area contributed by atoms with E-state index in [-0.39, 0.29) is 23.6 Å². The molecule has 1 aliphatic heterocycles. The minimum atomic E-state index is -0.166. The van der Waals surface area contributed by atoms with E-state index < -0.39 is 0 Å². The molecule has 0 bridgehead atoms. The van der Waals surface area contributed by atoms with Crippen LogP contribution in [0, 0.1) is 11.7 Å². The van der Waals surface area contributed by atoms with Crippen molar-refractivity contribution in [1.29, 1.82) is 0 Å². The Labute approximate surface area is 188 Å². The number of piperidine rings is 1. The van der Waals surface area contributed by atoms with Gasteiger partial charge in [-0.25, -0.2) is 4.39 Å². The van der Waals surface area contributed by atoms with Gasteiger partial charge in [0.05, 0.1) is 6.61 Å². The Balaban J connectivity index is 0.00000320. The van der Waals surface area contributed by atoms with Crippen LogP contribution in [0.4, 0.5) is 4.39 Å². The number of rotatable bonds is 7. The molecule has 1 saturated heterocycles. The fourth-order valence-electron chi connectivity index (χ4n) is 4.26. The van der Waals surface area contributed by atoms with Gasteiger partial charge in [-0.1, -0.05) is 58.4 Å². The third-order valence-corrected chi connectivity index (χ3v) is 6.13. The topological polar surface area (TPSA) is 12.5 Å². The zero-order valence-corrected chi connectivity index (χ0v) is 19.7. The molecule has 0 amide bonds. The van der Waals surface area contributed by atoms with Gasteiger partial charge in [-0.15, -0.1) is 12.4 Å². The number of hydrogen-bond acceptors (Lipinski definition) is 2. The first-order valence-electron chi connectivity index (χ1n) is 11.1. The maximum Gasteiger partial charge on any atom is 0.123 e. The molecule has 0 aromatic heterocycles. The Hall–Kier alpha value is -1.58. The van der Waals surface area contributed by atoms with E-state index >= 15 is 0 Å². The zero-order chi connectivity index (χ0) is 20.9. The predicted molar refractivity (Wildman–Crippen MR) is 126 cm³/mol. The Morgan fingerprint density at radius 3 is 2.30 bits per heavy atom. The summed E-state index contributed by atoms with van der Waals surface area (Å²) in [4.78, 5) is 2.57. The van der Waals surface area contributed by atoms with E-state index in [1.165, 1.54) is 24.0 Å². The van der Waals surface area contributed by atoms with Crippen molar-refractivity contribution in [2.24, 2.45) is 5.92 Å². The molecule has 0 radical (unpaired) electrons. The maximum absolute atomic E-state index is 13.4. The fourth-order valence-corrected chi connectivity index (χ4v) is 4.26. The molecule has 0 saturated carbocycles. The van der Waals surface area contributed by atoms with Gasteiger partial charge in [0.1, 0.15) is 11.6 Å². The molecule has 166 valence electrons. The van der Waals surface area contributed by atoms with Gasteiger partial charge in [-0.3, -0.25) is 0 Å². The molecule has 0 spiro atoms. The second-order valence-electron chi connectivity index (χ2n) is 9.45. The smallest absolute Gasteiger partial charge is 0.123 e. The number of hydrogen-bond donors (Lipinski definition) is 0. The van der Waals surface area contributed by atoms with Crippen LogP contribution in [0.5, 0.6) is 5.75 Å². The van der Waals surface area contributed by atoms with Gasteiger partial charge >= 0.3 is 0 Å². The van der Waals surface area contributed by atoms with Gasteiger partial charge in [-0.05, 0) is 72.7 Å². The summed E-state index contributed by atoms with van der Waals surface area (Å²) in [5.41, 5.74) is 2.70. The van der Waals surface area contributed by atoms with Gasteiger partial charge in [0.25, 0.3) is 0 Å². The first-order valence-corrected chi connectivity index (χ1v) is 11.1. The van der Waals surface area contributed by atoms with Crippen molar-refractivity contribution in [3.05, 3.63) is 65.5 Å². The van der Waals surface area contributed by atoms with Crippen molar-refractivity contribution in [3.8, 4) is 5.75 Å². The quantitative estimate of drug-likeness (QED) is 0.474. The van der Waals surface area contributed by atoms with Gasteiger partial charge in [0.2, 0.25) is 0 Å². The summed E-state index contributed by atoms with van der Waals surface area (Å²) in [7, 11) is 0. The lowest BCUT2D eigenvalue weighted by Gasteiger charge is -2.39. The number of ether oxygens (including phenoxy) is 1. The SMILES string of the molecule is CCCCN1CC[C@H](c2ccc(F)cc2)[C@@H](COc2ccc(C(C)(C)C)cc2)C1.Cl. The van der Waals surface area contributed by atoms with Crippen LogP contribution in [0.15, 0.2) is 48.5 Å². The monoisotopic (exact) mass is 433 g/mol. The molecule has 2 aromatic carbocycles. The van der Waals surface area contributed by atoms with Gasteiger partial charge in [0, 0.05) is 12.5 Å². The average molecular weight is 434 g/mol. The van der Waals surface area contributed by atoms with E-state index in [0.29, 0.717) is 18.4 Å². The molecule has 3 rings (SSSR count). The first kappa shape index (κ1) is 24.7. The number of benzene rings is 2. The highest BCUT2D eigenvalue weighted by atomic mass is 35.5. The molecule has 1 heterocycles. The number of halogens is 2. The van der Waals surface area contributed by atoms with Crippen LogP contribution in [-0.4, -0.2) is 31.1 Å². The molecule has 4 heteroatoms. The summed E-state index contributed by atoms with van der Waals surface area (Å²) in [6.07, 6.45) is 3.56. The van der Waals surface area contributed by atoms with Crippen molar-refractivity contribution in [2.45, 2.75) is 58.3 Å². The van der Waals surface area contributed by atoms with E-state index in [9.17, 15) is 4.39 Å². The van der Waals surface area contributed by atoms with E-state index in [1.807, 2.05) is 12.1 Å². The second kappa shape index (κ2) is 11.2. The van der Waals surface area contributed by atoms with Crippen LogP contribution >= 0.6 is 12.4 Å². The van der Waals surface area contributed by atoms with E-state index in [0.717, 1.165) is 31.8 Å². The highest BCUT2D eigenvalue weighted by Crippen LogP contribution is 2.34. The summed E-state index contributed by atoms with van der Waals surface area (Å²) in [5.74, 6) is 1.60. The Morgan fingerprint density at radius 1 is 1.03 bits per heavy atom. The minimum absolute atomic E-state index is 0. The first-order chi connectivity index (χ1) is 13.9. The van der Waals surface area contributed by atoms with Crippen molar-refractivity contribution in [3.63, 3.8) is 0 Å². The Kier molecular flexibility index (Phi) is 9.18. The second-order valence-corrected chi connectivity index (χ2v) is 9.45. The lowest BCUT2D eigenvalue weighted by Crippen LogP contribution is -2.42. The molecule has 0 N–H and O–H groups in total. The van der Waals surface area contributed by atoms with Crippen LogP contribution in [0.3, 0.4) is 0 Å². The van der Waals surface area contributed by atoms with Crippen molar-refractivity contribution in [2.75, 3.05) is 26.2 Å². The zero-order valence-electron chi connectivity index (χ0n) is 18.9. The van der Waals surface area contributed by atoms with Gasteiger partial charge in [0.15, 0.2) is 0 Å². The van der Waals surface area contributed by atoms with E-state index in [4.69, 9.17) is 4.74 Å². The summed E-state index contributed by atoms with van der Waals surface area (Å²) in [5, 5.41) is 0. The summed E-state index contributed by atoms with van der Waals surface area (Å²) >= 11 is 0. The third-order valence-electron chi connectivity index (χ3n) is 6.13. The molecule has 1 fully saturated rings. The van der Waals surface area contributed by atoms with Crippen LogP contribution in [-0.2, 0) is 5.41 Å². The van der Waals surface area contributed by atoms with Crippen LogP contribution < -0.4 is 4.74 Å². The molecule has 2 aromatic rings. The number of nitrogens with zero attached hydrogens (tertiary/aromatic N) is 1. The Bertz CT molecular complexity index is 754. The molecular formula is C26H37ClFNO. The number of unbranched alkanes of at least 4 members (excludes halogenated alkanes) is 1. The molecule has 0 aliphatic carbocycles. The molecule has 1 aliphatic rings. The normalized spacial score (nSPS) is 19.9. The average Bonchev–Trinajstić information content (AvgIpc) is 2.71. The largest absolute Gasteiger partial charge is 0.493 e. The lowest BCUT2D eigenvalue weighted by molar-refractivity contribution is 0.110. The standard InChI is InChI=1S/C26H36FNO.ClH/c1-5-6-16-28-17-15-25(20-7-11-23(27)12-8-20)21(18-28)19-29-24-13-9-22(10-14-24)26(2,3)4;/h7-14,21,25H,5-6,15-19H2,1-4H3;1H/t21-,25-;/m1./s1. The van der Waals surface area contributed by atoms with Crippen LogP contribution in [0.2, 0.25) is 0 Å². The van der Waals surface area contributed by atoms with E-state index in [2.05, 4.69) is 56.9 Å². The molecule has 2 atom stereocenters. The Morgan fingerprint density at radius 2 is 1.70 bits per heavy atom. The molecule has 2 nitrogen and oxygen atoms in total. The van der Waals surface area contributed by atoms with Gasteiger partial charge < -0.3 is 9.64 Å². The highest BCUT2D eigenvalue weighted by molar-refractivity contribution is 5.85. The van der Waals surface area contributed by atoms with E-state index in [1.54, 1.807) is 12.1 Å². The minimum Gasteiger partial charge on any atom is -0.493 e. The summed E-state index contributed by atoms with van der Waals surface area (Å²) in [6, 6.07) is 15.6. The third kappa shape index (κ3) is 6.72. The maximum atomic E-state index is 13.4. The van der Waals surface area contributed by atoms with Crippen molar-refractivity contribution in [1.82, 2.24) is 4.90 Å². The number of likely N-dealkylation sites (tertiary alicyclic amines) is 1. The van der Waals surface area contributed by atoms with Crippen LogP contribution in [0.25, 0.3) is 0 Å². The van der Waals surface area contributed by atoms with Crippen LogP contribution in [0.1, 0.15) is 64.0 Å². The molecular weight excluding hydrogens is 397 g/mol. The highest BCUT2D eigenvalue weighted by Gasteiger charge is 2.30. The molecule has 30 heavy (non-hydrogen) atoms. The summed E-state index contributed by atoms with van der Waals surface area (Å²) < 4.78 is 19.6. The van der Waals surface area contributed by atoms with Crippen molar-refractivity contribution >= 4 is 12.4 Å². The summed E-state index contributed by atoms with van der Waals surface area (Å²) in [6.45, 7) is 12.9. The fraction of sp³-hybridized carbons (Fsp3) is 0.538. The van der Waals surface area contributed by atoms with Crippen molar-refractivity contribution < 1.29 is 9.13 Å². The predicted octanol–water partition coefficient (Wildman–Crippen LogP) is 6.83.